The molecule has 1 aromatic carbocycles. The molecule has 2 atom stereocenters. The van der Waals surface area contributed by atoms with Crippen LogP contribution in [0.15, 0.2) is 29.2 Å². The van der Waals surface area contributed by atoms with E-state index >= 15 is 0 Å². The lowest BCUT2D eigenvalue weighted by atomic mass is 9.98. The molecule has 4 nitrogen and oxygen atoms in total. The van der Waals surface area contributed by atoms with Gasteiger partial charge in [-0.25, -0.2) is 4.18 Å². The summed E-state index contributed by atoms with van der Waals surface area (Å²) in [6.07, 6.45) is 0.746. The Morgan fingerprint density at radius 1 is 1.33 bits per heavy atom. The molecule has 2 N–H and O–H groups in total. The van der Waals surface area contributed by atoms with E-state index in [1.165, 1.54) is 12.1 Å². The van der Waals surface area contributed by atoms with Crippen LogP contribution in [0.3, 0.4) is 0 Å². The van der Waals surface area contributed by atoms with E-state index in [-0.39, 0.29) is 10.8 Å². The summed E-state index contributed by atoms with van der Waals surface area (Å²) in [6, 6.07) is 6.51. The molecule has 0 heterocycles. The molecule has 1 rings (SSSR count). The van der Waals surface area contributed by atoms with Gasteiger partial charge in [0, 0.05) is 0 Å². The van der Waals surface area contributed by atoms with Crippen molar-refractivity contribution in [3.63, 3.8) is 0 Å². The fraction of sp³-hybridized carbons (Fsp3) is 0.538. The van der Waals surface area contributed by atoms with Gasteiger partial charge in [-0.15, -0.1) is 0 Å². The van der Waals surface area contributed by atoms with Crippen molar-refractivity contribution in [2.24, 2.45) is 11.7 Å². The van der Waals surface area contributed by atoms with Crippen LogP contribution in [0, 0.1) is 12.8 Å². The molecular weight excluding hydrogens is 250 g/mol. The van der Waals surface area contributed by atoms with Crippen LogP contribution in [0.2, 0.25) is 0 Å². The van der Waals surface area contributed by atoms with Crippen molar-refractivity contribution in [2.45, 2.75) is 44.7 Å². The van der Waals surface area contributed by atoms with E-state index in [2.05, 4.69) is 0 Å². The molecule has 0 aliphatic heterocycles. The smallest absolute Gasteiger partial charge is 0.298 e. The minimum absolute atomic E-state index is 0.0577. The summed E-state index contributed by atoms with van der Waals surface area (Å²) in [5, 5.41) is 0. The van der Waals surface area contributed by atoms with E-state index in [1.54, 1.807) is 19.1 Å². The summed E-state index contributed by atoms with van der Waals surface area (Å²) in [4.78, 5) is 0.132. The van der Waals surface area contributed by atoms with Crippen LogP contribution >= 0.6 is 0 Å². The van der Waals surface area contributed by atoms with Crippen LogP contribution in [0.25, 0.3) is 0 Å². The second kappa shape index (κ2) is 5.38. The Bertz CT molecular complexity index is 491. The lowest BCUT2D eigenvalue weighted by Gasteiger charge is -2.30. The van der Waals surface area contributed by atoms with Gasteiger partial charge < -0.3 is 5.73 Å². The maximum absolute atomic E-state index is 12.1. The quantitative estimate of drug-likeness (QED) is 0.659. The maximum Gasteiger partial charge on any atom is 0.298 e. The number of rotatable bonds is 5. The van der Waals surface area contributed by atoms with Gasteiger partial charge in [0.25, 0.3) is 10.1 Å². The van der Waals surface area contributed by atoms with Gasteiger partial charge in [0.1, 0.15) is 5.72 Å². The summed E-state index contributed by atoms with van der Waals surface area (Å²) in [5.41, 5.74) is 5.72. The third-order valence-corrected chi connectivity index (χ3v) is 4.62. The van der Waals surface area contributed by atoms with Gasteiger partial charge in [0.2, 0.25) is 0 Å². The molecule has 0 aliphatic rings. The average Bonchev–Trinajstić information content (AvgIpc) is 2.27. The summed E-state index contributed by atoms with van der Waals surface area (Å²) < 4.78 is 29.3. The number of benzene rings is 1. The van der Waals surface area contributed by atoms with E-state index in [1.807, 2.05) is 20.8 Å². The van der Waals surface area contributed by atoms with Gasteiger partial charge in [-0.3, -0.25) is 0 Å². The highest BCUT2D eigenvalue weighted by molar-refractivity contribution is 7.86. The van der Waals surface area contributed by atoms with Crippen LogP contribution in [0.4, 0.5) is 0 Å². The lowest BCUT2D eigenvalue weighted by molar-refractivity contribution is 0.0447. The van der Waals surface area contributed by atoms with Crippen LogP contribution in [-0.4, -0.2) is 14.1 Å². The van der Waals surface area contributed by atoms with Gasteiger partial charge >= 0.3 is 0 Å². The third kappa shape index (κ3) is 3.54. The predicted molar refractivity (Wildman–Crippen MR) is 71.5 cm³/mol. The maximum atomic E-state index is 12.1. The summed E-state index contributed by atoms with van der Waals surface area (Å²) in [6.45, 7) is 7.29. The first-order valence-electron chi connectivity index (χ1n) is 6.00. The highest BCUT2D eigenvalue weighted by atomic mass is 32.2. The van der Waals surface area contributed by atoms with Crippen LogP contribution in [-0.2, 0) is 14.3 Å². The molecule has 0 amide bonds. The standard InChI is InChI=1S/C13H21NO3S/c1-5-11(3)13(4,14)17-18(15,16)12-8-6-10(2)7-9-12/h6-9,11H,5,14H2,1-4H3. The molecule has 0 aliphatic carbocycles. The SMILES string of the molecule is CCC(C)C(C)(N)OS(=O)(=O)c1ccc(C)cc1. The van der Waals surface area contributed by atoms with E-state index in [4.69, 9.17) is 9.92 Å². The monoisotopic (exact) mass is 271 g/mol. The van der Waals surface area contributed by atoms with E-state index in [9.17, 15) is 8.42 Å². The molecule has 18 heavy (non-hydrogen) atoms. The molecule has 0 spiro atoms. The zero-order valence-electron chi connectivity index (χ0n) is 11.3. The number of aryl methyl sites for hydroxylation is 1. The Hall–Kier alpha value is -0.910. The lowest BCUT2D eigenvalue weighted by Crippen LogP contribution is -2.46. The van der Waals surface area contributed by atoms with Crippen LogP contribution in [0.5, 0.6) is 0 Å². The van der Waals surface area contributed by atoms with Gasteiger partial charge in [0.05, 0.1) is 4.90 Å². The molecule has 1 aromatic rings. The molecule has 5 heteroatoms. The van der Waals surface area contributed by atoms with Crippen molar-refractivity contribution in [3.05, 3.63) is 29.8 Å². The van der Waals surface area contributed by atoms with Crippen molar-refractivity contribution < 1.29 is 12.6 Å². The van der Waals surface area contributed by atoms with Crippen molar-refractivity contribution in [2.75, 3.05) is 0 Å². The number of hydrogen-bond donors (Lipinski definition) is 1. The van der Waals surface area contributed by atoms with Gasteiger partial charge in [-0.2, -0.15) is 8.42 Å². The fourth-order valence-corrected chi connectivity index (χ4v) is 2.68. The minimum atomic E-state index is -3.81. The summed E-state index contributed by atoms with van der Waals surface area (Å²) >= 11 is 0. The zero-order chi connectivity index (χ0) is 14.0. The average molecular weight is 271 g/mol. The predicted octanol–water partition coefficient (Wildman–Crippen LogP) is 2.42. The molecule has 0 fully saturated rings. The molecular formula is C13H21NO3S. The highest BCUT2D eigenvalue weighted by Crippen LogP contribution is 2.24. The first-order chi connectivity index (χ1) is 8.19. The minimum Gasteiger partial charge on any atom is -0.302 e. The van der Waals surface area contributed by atoms with Gasteiger partial charge in [-0.1, -0.05) is 31.5 Å². The van der Waals surface area contributed by atoms with Crippen molar-refractivity contribution in [3.8, 4) is 0 Å². The molecule has 2 unspecified atom stereocenters. The molecule has 0 saturated heterocycles. The summed E-state index contributed by atoms with van der Waals surface area (Å²) in [5.74, 6) is -0.0577. The van der Waals surface area contributed by atoms with Crippen molar-refractivity contribution in [1.82, 2.24) is 0 Å². The molecule has 0 saturated carbocycles. The molecule has 0 aromatic heterocycles. The van der Waals surface area contributed by atoms with E-state index < -0.39 is 15.8 Å². The summed E-state index contributed by atoms with van der Waals surface area (Å²) in [7, 11) is -3.81. The first kappa shape index (κ1) is 15.1. The Morgan fingerprint density at radius 2 is 1.83 bits per heavy atom. The number of nitrogens with two attached hydrogens (primary N) is 1. The Balaban J connectivity index is 2.99. The third-order valence-electron chi connectivity index (χ3n) is 3.19. The topological polar surface area (TPSA) is 69.4 Å². The largest absolute Gasteiger partial charge is 0.302 e. The Kier molecular flexibility index (Phi) is 4.53. The second-order valence-corrected chi connectivity index (χ2v) is 6.39. The Morgan fingerprint density at radius 3 is 2.28 bits per heavy atom. The molecule has 0 bridgehead atoms. The Labute approximate surface area is 109 Å². The van der Waals surface area contributed by atoms with Crippen LogP contribution < -0.4 is 5.73 Å². The van der Waals surface area contributed by atoms with Crippen LogP contribution in [0.1, 0.15) is 32.8 Å². The normalized spacial score (nSPS) is 17.2. The van der Waals surface area contributed by atoms with Gasteiger partial charge in [-0.05, 0) is 38.3 Å². The van der Waals surface area contributed by atoms with E-state index in [0.29, 0.717) is 0 Å². The second-order valence-electron chi connectivity index (χ2n) is 4.84. The van der Waals surface area contributed by atoms with Crippen molar-refractivity contribution >= 4 is 10.1 Å². The zero-order valence-corrected chi connectivity index (χ0v) is 12.1. The molecule has 102 valence electrons. The first-order valence-corrected chi connectivity index (χ1v) is 7.41. The fourth-order valence-electron chi connectivity index (χ4n) is 1.48. The number of hydrogen-bond acceptors (Lipinski definition) is 4. The molecule has 0 radical (unpaired) electrons. The van der Waals surface area contributed by atoms with Gasteiger partial charge in [0.15, 0.2) is 0 Å². The van der Waals surface area contributed by atoms with E-state index in [0.717, 1.165) is 12.0 Å². The van der Waals surface area contributed by atoms with Crippen molar-refractivity contribution in [1.29, 1.82) is 0 Å². The highest BCUT2D eigenvalue weighted by Gasteiger charge is 2.33.